The van der Waals surface area contributed by atoms with Crippen molar-refractivity contribution in [3.8, 4) is 0 Å². The molecule has 1 atom stereocenters. The lowest BCUT2D eigenvalue weighted by Crippen LogP contribution is -2.11. The highest BCUT2D eigenvalue weighted by Gasteiger charge is 2.17. The summed E-state index contributed by atoms with van der Waals surface area (Å²) in [6.07, 6.45) is 5.66. The van der Waals surface area contributed by atoms with Crippen molar-refractivity contribution in [1.82, 2.24) is 0 Å². The zero-order valence-corrected chi connectivity index (χ0v) is 19.9. The Balaban J connectivity index is 1.36. The van der Waals surface area contributed by atoms with Crippen molar-refractivity contribution in [2.75, 3.05) is 10.2 Å². The summed E-state index contributed by atoms with van der Waals surface area (Å²) in [6, 6.07) is 41.0. The Morgan fingerprint density at radius 1 is 0.686 bits per heavy atom. The highest BCUT2D eigenvalue weighted by atomic mass is 15.1. The quantitative estimate of drug-likeness (QED) is 0.285. The van der Waals surface area contributed by atoms with Crippen molar-refractivity contribution >= 4 is 45.3 Å². The Kier molecular flexibility index (Phi) is 5.56. The third kappa shape index (κ3) is 4.20. The van der Waals surface area contributed by atoms with E-state index >= 15 is 0 Å². The summed E-state index contributed by atoms with van der Waals surface area (Å²) in [5, 5.41) is 6.07. The molecular weight excluding hydrogens is 424 g/mol. The van der Waals surface area contributed by atoms with Crippen LogP contribution < -0.4 is 10.2 Å². The number of anilines is 5. The van der Waals surface area contributed by atoms with Gasteiger partial charge in [0, 0.05) is 33.8 Å². The summed E-state index contributed by atoms with van der Waals surface area (Å²) < 4.78 is 0. The molecule has 0 amide bonds. The molecule has 0 saturated heterocycles. The van der Waals surface area contributed by atoms with E-state index in [4.69, 9.17) is 0 Å². The molecule has 35 heavy (non-hydrogen) atoms. The molecule has 0 saturated carbocycles. The van der Waals surface area contributed by atoms with Gasteiger partial charge in [-0.05, 0) is 83.4 Å². The maximum absolute atomic E-state index is 3.61. The molecule has 0 bridgehead atoms. The number of rotatable bonds is 5. The number of nitrogens with one attached hydrogen (secondary N) is 1. The fraction of sp³-hybridized carbons (Fsp3) is 0.0909. The van der Waals surface area contributed by atoms with E-state index < -0.39 is 0 Å². The number of benzene rings is 5. The van der Waals surface area contributed by atoms with Crippen LogP contribution in [-0.4, -0.2) is 0 Å². The zero-order valence-electron chi connectivity index (χ0n) is 19.9. The first kappa shape index (κ1) is 21.2. The highest BCUT2D eigenvalue weighted by molar-refractivity contribution is 5.95. The zero-order chi connectivity index (χ0) is 23.6. The largest absolute Gasteiger partial charge is 0.355 e. The van der Waals surface area contributed by atoms with Crippen LogP contribution in [0.5, 0.6) is 0 Å². The van der Waals surface area contributed by atoms with Gasteiger partial charge in [-0.15, -0.1) is 0 Å². The van der Waals surface area contributed by atoms with Crippen LogP contribution in [0.3, 0.4) is 0 Å². The van der Waals surface area contributed by atoms with Crippen LogP contribution in [0, 0.1) is 0 Å². The predicted molar refractivity (Wildman–Crippen MR) is 150 cm³/mol. The van der Waals surface area contributed by atoms with Crippen molar-refractivity contribution in [2.24, 2.45) is 0 Å². The van der Waals surface area contributed by atoms with Crippen LogP contribution in [0.2, 0.25) is 0 Å². The molecule has 1 N–H and O–H groups in total. The fourth-order valence-electron chi connectivity index (χ4n) is 5.03. The van der Waals surface area contributed by atoms with Crippen molar-refractivity contribution in [1.29, 1.82) is 0 Å². The minimum atomic E-state index is 0.564. The number of allylic oxidation sites excluding steroid dienone is 1. The van der Waals surface area contributed by atoms with Gasteiger partial charge in [-0.2, -0.15) is 0 Å². The first-order valence-electron chi connectivity index (χ1n) is 12.3. The Bertz CT molecular complexity index is 1490. The lowest BCUT2D eigenvalue weighted by molar-refractivity contribution is 0.772. The Labute approximate surface area is 207 Å². The second kappa shape index (κ2) is 9.15. The van der Waals surface area contributed by atoms with Gasteiger partial charge in [0.1, 0.15) is 0 Å². The number of hydrogen-bond acceptors (Lipinski definition) is 2. The molecule has 170 valence electrons. The Morgan fingerprint density at radius 3 is 2.26 bits per heavy atom. The van der Waals surface area contributed by atoms with Gasteiger partial charge in [-0.3, -0.25) is 0 Å². The number of para-hydroxylation sites is 1. The van der Waals surface area contributed by atoms with Gasteiger partial charge >= 0.3 is 0 Å². The molecule has 0 heterocycles. The minimum Gasteiger partial charge on any atom is -0.355 e. The van der Waals surface area contributed by atoms with Crippen molar-refractivity contribution in [2.45, 2.75) is 19.3 Å². The van der Waals surface area contributed by atoms with Crippen LogP contribution >= 0.6 is 0 Å². The van der Waals surface area contributed by atoms with Crippen LogP contribution in [-0.2, 0) is 0 Å². The summed E-state index contributed by atoms with van der Waals surface area (Å²) in [6.45, 7) is 2.30. The summed E-state index contributed by atoms with van der Waals surface area (Å²) in [5.74, 6) is 0.564. The molecule has 1 aliphatic carbocycles. The van der Waals surface area contributed by atoms with Gasteiger partial charge in [0.25, 0.3) is 0 Å². The smallest absolute Gasteiger partial charge is 0.0467 e. The van der Waals surface area contributed by atoms with Crippen LogP contribution in [0.15, 0.2) is 121 Å². The van der Waals surface area contributed by atoms with Gasteiger partial charge in [-0.1, -0.05) is 79.7 Å². The van der Waals surface area contributed by atoms with E-state index in [2.05, 4.69) is 145 Å². The lowest BCUT2D eigenvalue weighted by atomic mass is 9.88. The molecule has 5 aromatic carbocycles. The summed E-state index contributed by atoms with van der Waals surface area (Å²) in [4.78, 5) is 2.33. The second-order valence-corrected chi connectivity index (χ2v) is 9.22. The fourth-order valence-corrected chi connectivity index (χ4v) is 5.03. The third-order valence-corrected chi connectivity index (χ3v) is 6.86. The topological polar surface area (TPSA) is 15.3 Å². The number of nitrogens with zero attached hydrogens (tertiary/aromatic N) is 1. The van der Waals surface area contributed by atoms with Gasteiger partial charge < -0.3 is 10.2 Å². The van der Waals surface area contributed by atoms with E-state index in [0.717, 1.165) is 29.2 Å². The van der Waals surface area contributed by atoms with Crippen LogP contribution in [0.1, 0.15) is 30.4 Å². The second-order valence-electron chi connectivity index (χ2n) is 9.22. The summed E-state index contributed by atoms with van der Waals surface area (Å²) >= 11 is 0. The van der Waals surface area contributed by atoms with Gasteiger partial charge in [0.15, 0.2) is 0 Å². The maximum atomic E-state index is 3.61. The monoisotopic (exact) mass is 452 g/mol. The number of hydrogen-bond donors (Lipinski definition) is 1. The average molecular weight is 453 g/mol. The van der Waals surface area contributed by atoms with Crippen molar-refractivity contribution in [3.05, 3.63) is 132 Å². The third-order valence-electron chi connectivity index (χ3n) is 6.86. The molecule has 1 aliphatic rings. The van der Waals surface area contributed by atoms with E-state index in [1.807, 2.05) is 0 Å². The SMILES string of the molecule is CC1CC=Cc2cc(N(c3ccccc3)c3ccc(Nc4cccc5ccccc45)cc3)ccc21. The molecule has 0 aromatic heterocycles. The predicted octanol–water partition coefficient (Wildman–Crippen LogP) is 9.57. The molecule has 0 radical (unpaired) electrons. The molecule has 1 unspecified atom stereocenters. The molecule has 0 spiro atoms. The lowest BCUT2D eigenvalue weighted by Gasteiger charge is -2.27. The molecule has 0 fully saturated rings. The van der Waals surface area contributed by atoms with Crippen molar-refractivity contribution < 1.29 is 0 Å². The van der Waals surface area contributed by atoms with E-state index in [9.17, 15) is 0 Å². The molecular formula is C33H28N2. The van der Waals surface area contributed by atoms with Gasteiger partial charge in [0.2, 0.25) is 0 Å². The normalized spacial score (nSPS) is 14.5. The molecule has 2 nitrogen and oxygen atoms in total. The highest BCUT2D eigenvalue weighted by Crippen LogP contribution is 2.39. The minimum absolute atomic E-state index is 0.564. The van der Waals surface area contributed by atoms with Crippen molar-refractivity contribution in [3.63, 3.8) is 0 Å². The number of fused-ring (bicyclic) bond motifs is 2. The van der Waals surface area contributed by atoms with E-state index in [1.165, 1.54) is 27.6 Å². The average Bonchev–Trinajstić information content (AvgIpc) is 2.91. The first-order valence-corrected chi connectivity index (χ1v) is 12.3. The summed E-state index contributed by atoms with van der Waals surface area (Å²) in [5.41, 5.74) is 8.38. The molecule has 6 rings (SSSR count). The Morgan fingerprint density at radius 2 is 1.40 bits per heavy atom. The van der Waals surface area contributed by atoms with Crippen LogP contribution in [0.25, 0.3) is 16.8 Å². The molecule has 5 aromatic rings. The van der Waals surface area contributed by atoms with Crippen LogP contribution in [0.4, 0.5) is 28.4 Å². The van der Waals surface area contributed by atoms with Gasteiger partial charge in [0.05, 0.1) is 0 Å². The standard InChI is InChI=1S/C33H28N2/c1-24-9-7-12-26-23-30(21-22-31(24)26)35(28-13-3-2-4-14-28)29-19-17-27(18-20-29)34-33-16-8-11-25-10-5-6-15-32(25)33/h2-8,10-24,34H,9H2,1H3. The Hall–Kier alpha value is -4.30. The summed E-state index contributed by atoms with van der Waals surface area (Å²) in [7, 11) is 0. The van der Waals surface area contributed by atoms with Gasteiger partial charge in [-0.25, -0.2) is 0 Å². The van der Waals surface area contributed by atoms with E-state index in [0.29, 0.717) is 5.92 Å². The first-order chi connectivity index (χ1) is 17.3. The molecule has 0 aliphatic heterocycles. The maximum Gasteiger partial charge on any atom is 0.0467 e. The van der Waals surface area contributed by atoms with E-state index in [-0.39, 0.29) is 0 Å². The van der Waals surface area contributed by atoms with E-state index in [1.54, 1.807) is 0 Å². The molecule has 2 heteroatoms.